The Bertz CT molecular complexity index is 1300. The molecule has 1 aliphatic heterocycles. The molecule has 0 N–H and O–H groups in total. The van der Waals surface area contributed by atoms with Crippen molar-refractivity contribution in [1.82, 2.24) is 0 Å². The van der Waals surface area contributed by atoms with E-state index >= 15 is 0 Å². The molecule has 3 rings (SSSR count). The zero-order valence-electron chi connectivity index (χ0n) is 34.5. The first-order valence-electron chi connectivity index (χ1n) is 22.2. The fourth-order valence-corrected chi connectivity index (χ4v) is 8.09. The average molecular weight is 695 g/mol. The van der Waals surface area contributed by atoms with Crippen molar-refractivity contribution in [1.29, 1.82) is 0 Å². The van der Waals surface area contributed by atoms with E-state index in [2.05, 4.69) is 77.9 Å². The topological polar surface area (TPSA) is 25.3 Å². The molecule has 51 heavy (non-hydrogen) atoms. The van der Waals surface area contributed by atoms with Gasteiger partial charge in [-0.3, -0.25) is 0 Å². The molecule has 2 aromatic rings. The van der Waals surface area contributed by atoms with Crippen LogP contribution in [0.5, 0.6) is 0 Å². The van der Waals surface area contributed by atoms with Crippen LogP contribution >= 0.6 is 0 Å². The lowest BCUT2D eigenvalue weighted by molar-refractivity contribution is -0.345. The molecule has 0 amide bonds. The number of rotatable bonds is 29. The van der Waals surface area contributed by atoms with Crippen molar-refractivity contribution in [3.8, 4) is 0 Å². The van der Waals surface area contributed by atoms with Gasteiger partial charge >= 0.3 is 0 Å². The van der Waals surface area contributed by atoms with Gasteiger partial charge in [0.15, 0.2) is 0 Å². The van der Waals surface area contributed by atoms with E-state index in [0.717, 1.165) is 62.8 Å². The summed E-state index contributed by atoms with van der Waals surface area (Å²) in [6.45, 7) is 13.8. The molecular weight excluding hydrogens is 617 g/mol. The predicted octanol–water partition coefficient (Wildman–Crippen LogP) is 16.1. The lowest BCUT2D eigenvalue weighted by Crippen LogP contribution is -2.05. The summed E-state index contributed by atoms with van der Waals surface area (Å²) in [6, 6.07) is 14.8. The van der Waals surface area contributed by atoms with Crippen molar-refractivity contribution in [2.45, 2.75) is 215 Å². The largest absolute Gasteiger partial charge is 0.493 e. The molecule has 1 aliphatic rings. The summed E-state index contributed by atoms with van der Waals surface area (Å²) < 4.78 is 1.68. The van der Waals surface area contributed by atoms with Crippen LogP contribution in [0, 0.1) is 0 Å². The summed E-state index contributed by atoms with van der Waals surface area (Å²) in [5.41, 5.74) is 25.9. The van der Waals surface area contributed by atoms with Gasteiger partial charge in [0, 0.05) is 22.3 Å². The normalized spacial score (nSPS) is 13.3. The third-order valence-corrected chi connectivity index (χ3v) is 11.1. The van der Waals surface area contributed by atoms with Gasteiger partial charge < -0.3 is 5.53 Å². The van der Waals surface area contributed by atoms with Gasteiger partial charge in [0.25, 0.3) is 0 Å². The van der Waals surface area contributed by atoms with Crippen LogP contribution in [0.15, 0.2) is 47.5 Å². The van der Waals surface area contributed by atoms with Gasteiger partial charge in [0.1, 0.15) is 0 Å². The molecule has 0 unspecified atom stereocenters. The highest BCUT2D eigenvalue weighted by atomic mass is 15.2. The third kappa shape index (κ3) is 14.5. The summed E-state index contributed by atoms with van der Waals surface area (Å²) in [4.78, 5) is 0. The van der Waals surface area contributed by atoms with E-state index in [-0.39, 0.29) is 0 Å². The molecule has 0 radical (unpaired) electrons. The highest BCUT2D eigenvalue weighted by molar-refractivity contribution is 5.82. The Kier molecular flexibility index (Phi) is 21.5. The van der Waals surface area contributed by atoms with Gasteiger partial charge in [-0.25, -0.2) is 4.70 Å². The minimum Gasteiger partial charge on any atom is -0.493 e. The minimum absolute atomic E-state index is 1.03. The smallest absolute Gasteiger partial charge is 0.211 e. The summed E-state index contributed by atoms with van der Waals surface area (Å²) in [6.07, 6.45) is 33.0. The maximum Gasteiger partial charge on any atom is 0.211 e. The van der Waals surface area contributed by atoms with E-state index < -0.39 is 0 Å². The van der Waals surface area contributed by atoms with Gasteiger partial charge in [-0.1, -0.05) is 150 Å². The van der Waals surface area contributed by atoms with Crippen molar-refractivity contribution in [3.05, 3.63) is 86.5 Å². The fourth-order valence-electron chi connectivity index (χ4n) is 8.09. The van der Waals surface area contributed by atoms with E-state index in [9.17, 15) is 5.53 Å². The van der Waals surface area contributed by atoms with Gasteiger partial charge in [-0.05, 0) is 124 Å². The van der Waals surface area contributed by atoms with Crippen molar-refractivity contribution < 1.29 is 4.70 Å². The number of unbranched alkanes of at least 4 members (excludes halogenated alkanes) is 15. The van der Waals surface area contributed by atoms with E-state index in [4.69, 9.17) is 0 Å². The molecule has 1 heterocycles. The van der Waals surface area contributed by atoms with Crippen LogP contribution < -0.4 is 0 Å². The van der Waals surface area contributed by atoms with Crippen LogP contribution in [0.1, 0.15) is 223 Å². The van der Waals surface area contributed by atoms with E-state index in [1.807, 2.05) is 0 Å². The minimum atomic E-state index is 1.03. The number of allylic oxidation sites excluding steroid dienone is 2. The number of hydrogen-bond donors (Lipinski definition) is 0. The number of aryl methyl sites for hydroxylation is 4. The van der Waals surface area contributed by atoms with Gasteiger partial charge in [0.05, 0.1) is 0 Å². The van der Waals surface area contributed by atoms with Crippen LogP contribution in [0.4, 0.5) is 0 Å². The highest BCUT2D eigenvalue weighted by Crippen LogP contribution is 2.45. The molecule has 2 heteroatoms. The Morgan fingerprint density at radius 3 is 0.922 bits per heavy atom. The summed E-state index contributed by atoms with van der Waals surface area (Å²) >= 11 is 0. The summed E-state index contributed by atoms with van der Waals surface area (Å²) in [5.74, 6) is 0. The Balaban J connectivity index is 2.15. The van der Waals surface area contributed by atoms with Crippen molar-refractivity contribution in [3.63, 3.8) is 0 Å². The molecule has 0 spiro atoms. The molecular formula is C49H78N2. The monoisotopic (exact) mass is 695 g/mol. The number of benzene rings is 2. The molecule has 0 aromatic heterocycles. The molecule has 0 bridgehead atoms. The van der Waals surface area contributed by atoms with E-state index in [1.54, 1.807) is 4.70 Å². The molecule has 284 valence electrons. The van der Waals surface area contributed by atoms with Gasteiger partial charge in [-0.15, -0.1) is 0 Å². The number of hydrogen-bond acceptors (Lipinski definition) is 0. The van der Waals surface area contributed by atoms with Crippen molar-refractivity contribution >= 4 is 11.4 Å². The SMILES string of the molecule is CCCCCCc1cc(CCCCCC)cc(C2=C(CCCC)C(CCCCC)=C(c3cc(CCCCCC)cc(CCCCCC)c3)[N+]2=[N-])c1. The summed E-state index contributed by atoms with van der Waals surface area (Å²) in [5, 5.41) is 0. The van der Waals surface area contributed by atoms with Crippen LogP contribution in [-0.2, 0) is 25.7 Å². The standard InChI is InChI=1S/C49H78N2/c1-7-13-19-24-28-40-34-41(29-25-20-14-8-2)37-44(36-40)48-46(32-18-12-6)47(33-23-17-11-5)49(51(48)50)45-38-42(30-26-21-15-9-3)35-43(39-45)31-27-22-16-10-4/h34-39H,7-33H2,1-6H3. The molecule has 0 atom stereocenters. The van der Waals surface area contributed by atoms with Gasteiger partial charge in [-0.2, -0.15) is 0 Å². The molecule has 0 fully saturated rings. The Labute approximate surface area is 316 Å². The van der Waals surface area contributed by atoms with Crippen molar-refractivity contribution in [2.24, 2.45) is 0 Å². The predicted molar refractivity (Wildman–Crippen MR) is 225 cm³/mol. The van der Waals surface area contributed by atoms with Crippen LogP contribution in [0.3, 0.4) is 0 Å². The first kappa shape index (κ1) is 42.9. The molecule has 0 aliphatic carbocycles. The highest BCUT2D eigenvalue weighted by Gasteiger charge is 2.35. The molecule has 0 saturated heterocycles. The van der Waals surface area contributed by atoms with Crippen LogP contribution in [0.2, 0.25) is 0 Å². The van der Waals surface area contributed by atoms with Crippen molar-refractivity contribution in [2.75, 3.05) is 0 Å². The third-order valence-electron chi connectivity index (χ3n) is 11.1. The van der Waals surface area contributed by atoms with E-state index in [0.29, 0.717) is 0 Å². The lowest BCUT2D eigenvalue weighted by Gasteiger charge is -2.15. The Morgan fingerprint density at radius 2 is 0.608 bits per heavy atom. The number of nitrogens with zero attached hydrogens (tertiary/aromatic N) is 2. The lowest BCUT2D eigenvalue weighted by atomic mass is 9.89. The quantitative estimate of drug-likeness (QED) is 0.0598. The maximum atomic E-state index is 12.6. The van der Waals surface area contributed by atoms with Gasteiger partial charge in [0.2, 0.25) is 11.4 Å². The zero-order valence-corrected chi connectivity index (χ0v) is 34.5. The Morgan fingerprint density at radius 1 is 0.333 bits per heavy atom. The first-order valence-corrected chi connectivity index (χ1v) is 22.2. The summed E-state index contributed by atoms with van der Waals surface area (Å²) in [7, 11) is 0. The zero-order chi connectivity index (χ0) is 36.7. The second-order valence-corrected chi connectivity index (χ2v) is 15.8. The molecule has 2 nitrogen and oxygen atoms in total. The first-order chi connectivity index (χ1) is 25.0. The van der Waals surface area contributed by atoms with Crippen LogP contribution in [0.25, 0.3) is 16.9 Å². The Hall–Kier alpha value is -2.48. The van der Waals surface area contributed by atoms with E-state index in [1.165, 1.54) is 167 Å². The van der Waals surface area contributed by atoms with Crippen LogP contribution in [-0.4, -0.2) is 4.70 Å². The second kappa shape index (κ2) is 25.5. The average Bonchev–Trinajstić information content (AvgIpc) is 3.41. The molecule has 2 aromatic carbocycles. The fraction of sp³-hybridized carbons (Fsp3) is 0.673. The second-order valence-electron chi connectivity index (χ2n) is 15.8. The molecule has 0 saturated carbocycles. The maximum absolute atomic E-state index is 12.6.